The first kappa shape index (κ1) is 26.1. The Hall–Kier alpha value is -3.53. The zero-order chi connectivity index (χ0) is 26.8. The number of halogens is 1. The summed E-state index contributed by atoms with van der Waals surface area (Å²) in [5.74, 6) is 1.24. The molecule has 0 bridgehead atoms. The number of fused-ring (bicyclic) bond motifs is 1. The lowest BCUT2D eigenvalue weighted by molar-refractivity contribution is -0.122. The molecule has 3 aromatic carbocycles. The van der Waals surface area contributed by atoms with Crippen molar-refractivity contribution in [3.8, 4) is 17.2 Å². The van der Waals surface area contributed by atoms with Crippen molar-refractivity contribution >= 4 is 63.5 Å². The molecule has 2 aliphatic heterocycles. The van der Waals surface area contributed by atoms with E-state index in [0.717, 1.165) is 22.4 Å². The summed E-state index contributed by atoms with van der Waals surface area (Å²) in [6.45, 7) is 4.26. The molecule has 0 spiro atoms. The fourth-order valence-electron chi connectivity index (χ4n) is 4.02. The number of nitrogens with zero attached hydrogens (tertiary/aromatic N) is 1. The third-order valence-corrected chi connectivity index (χ3v) is 7.59. The summed E-state index contributed by atoms with van der Waals surface area (Å²) in [6, 6.07) is 16.5. The predicted molar refractivity (Wildman–Crippen MR) is 153 cm³/mol. The van der Waals surface area contributed by atoms with E-state index < -0.39 is 0 Å². The van der Waals surface area contributed by atoms with Crippen molar-refractivity contribution in [1.29, 1.82) is 0 Å². The highest BCUT2D eigenvalue weighted by Crippen LogP contribution is 2.37. The first-order valence-corrected chi connectivity index (χ1v) is 13.3. The van der Waals surface area contributed by atoms with Gasteiger partial charge in [-0.2, -0.15) is 0 Å². The number of ether oxygens (including phenoxy) is 3. The maximum Gasteiger partial charge on any atom is 0.266 e. The largest absolute Gasteiger partial charge is 0.482 e. The lowest BCUT2D eigenvalue weighted by Crippen LogP contribution is -2.27. The van der Waals surface area contributed by atoms with Gasteiger partial charge in [-0.25, -0.2) is 0 Å². The molecule has 1 N–H and O–H groups in total. The Bertz CT molecular complexity index is 1490. The molecule has 1 fully saturated rings. The van der Waals surface area contributed by atoms with E-state index in [1.54, 1.807) is 29.2 Å². The van der Waals surface area contributed by atoms with Crippen LogP contribution in [0.2, 0.25) is 5.02 Å². The van der Waals surface area contributed by atoms with Crippen LogP contribution in [0.3, 0.4) is 0 Å². The molecule has 0 atom stereocenters. The highest BCUT2D eigenvalue weighted by molar-refractivity contribution is 8.26. The van der Waals surface area contributed by atoms with E-state index in [2.05, 4.69) is 5.32 Å². The zero-order valence-corrected chi connectivity index (χ0v) is 23.0. The summed E-state index contributed by atoms with van der Waals surface area (Å²) < 4.78 is 16.9. The van der Waals surface area contributed by atoms with E-state index in [1.165, 1.54) is 11.8 Å². The van der Waals surface area contributed by atoms with Crippen LogP contribution in [-0.2, 0) is 16.1 Å². The maximum absolute atomic E-state index is 13.1. The number of thioether (sulfide) groups is 1. The predicted octanol–water partition coefficient (Wildman–Crippen LogP) is 6.10. The third kappa shape index (κ3) is 5.80. The van der Waals surface area contributed by atoms with Crippen LogP contribution in [0.25, 0.3) is 6.08 Å². The summed E-state index contributed by atoms with van der Waals surface area (Å²) >= 11 is 13.1. The normalized spacial score (nSPS) is 15.3. The minimum Gasteiger partial charge on any atom is -0.482 e. The van der Waals surface area contributed by atoms with Gasteiger partial charge in [-0.1, -0.05) is 65.4 Å². The first-order chi connectivity index (χ1) is 18.3. The molecule has 2 aliphatic rings. The van der Waals surface area contributed by atoms with Crippen molar-refractivity contribution in [3.05, 3.63) is 86.8 Å². The van der Waals surface area contributed by atoms with E-state index >= 15 is 0 Å². The Morgan fingerprint density at radius 1 is 1.13 bits per heavy atom. The van der Waals surface area contributed by atoms with Crippen molar-refractivity contribution in [2.24, 2.45) is 0 Å². The third-order valence-electron chi connectivity index (χ3n) is 5.92. The number of nitrogens with one attached hydrogen (secondary N) is 1. The SMILES string of the molecule is Cc1ccc(NC(=O)COc2ccc(/C=C3\SC(=S)N(Cc4ccc5c(c4)OCO5)C3=O)cc2Cl)c(C)c1. The number of amides is 2. The minimum atomic E-state index is -0.289. The number of benzene rings is 3. The van der Waals surface area contributed by atoms with Gasteiger partial charge >= 0.3 is 0 Å². The maximum atomic E-state index is 13.1. The van der Waals surface area contributed by atoms with Crippen molar-refractivity contribution in [2.45, 2.75) is 20.4 Å². The Morgan fingerprint density at radius 3 is 2.74 bits per heavy atom. The lowest BCUT2D eigenvalue weighted by Gasteiger charge is -2.14. The molecule has 0 unspecified atom stereocenters. The number of anilines is 1. The van der Waals surface area contributed by atoms with Crippen molar-refractivity contribution in [2.75, 3.05) is 18.7 Å². The Labute approximate surface area is 234 Å². The summed E-state index contributed by atoms with van der Waals surface area (Å²) in [4.78, 5) is 27.5. The van der Waals surface area contributed by atoms with Crippen LogP contribution in [0.1, 0.15) is 22.3 Å². The molecule has 194 valence electrons. The standard InChI is InChI=1S/C28H23ClN2O5S2/c1-16-3-6-21(17(2)9-16)30-26(32)14-34-22-7-4-18(10-20(22)29)12-25-27(33)31(28(37)38-25)13-19-5-8-23-24(11-19)36-15-35-23/h3-12H,13-15H2,1-2H3,(H,30,32)/b25-12-. The fourth-order valence-corrected chi connectivity index (χ4v) is 5.52. The molecule has 2 heterocycles. The second-order valence-electron chi connectivity index (χ2n) is 8.80. The van der Waals surface area contributed by atoms with E-state index in [1.807, 2.05) is 50.2 Å². The Morgan fingerprint density at radius 2 is 1.95 bits per heavy atom. The average molecular weight is 567 g/mol. The van der Waals surface area contributed by atoms with Crippen LogP contribution in [0, 0.1) is 13.8 Å². The first-order valence-electron chi connectivity index (χ1n) is 11.7. The van der Waals surface area contributed by atoms with Gasteiger partial charge in [-0.05, 0) is 66.9 Å². The van der Waals surface area contributed by atoms with E-state index in [-0.39, 0.29) is 25.2 Å². The topological polar surface area (TPSA) is 77.1 Å². The molecule has 0 aromatic heterocycles. The number of hydrogen-bond donors (Lipinski definition) is 1. The zero-order valence-electron chi connectivity index (χ0n) is 20.6. The number of carbonyl (C=O) groups is 2. The van der Waals surface area contributed by atoms with E-state index in [0.29, 0.717) is 43.6 Å². The molecule has 2 amide bonds. The molecule has 1 saturated heterocycles. The fraction of sp³-hybridized carbons (Fsp3) is 0.179. The lowest BCUT2D eigenvalue weighted by atomic mass is 10.1. The van der Waals surface area contributed by atoms with Gasteiger partial charge in [-0.3, -0.25) is 14.5 Å². The van der Waals surface area contributed by atoms with Crippen molar-refractivity contribution in [3.63, 3.8) is 0 Å². The van der Waals surface area contributed by atoms with Gasteiger partial charge in [0.05, 0.1) is 16.5 Å². The molecule has 7 nitrogen and oxygen atoms in total. The molecular formula is C28H23ClN2O5S2. The highest BCUT2D eigenvalue weighted by atomic mass is 35.5. The number of hydrogen-bond acceptors (Lipinski definition) is 7. The second-order valence-corrected chi connectivity index (χ2v) is 10.9. The summed E-state index contributed by atoms with van der Waals surface area (Å²) in [7, 11) is 0. The quantitative estimate of drug-likeness (QED) is 0.273. The molecule has 0 radical (unpaired) electrons. The van der Waals surface area contributed by atoms with Crippen LogP contribution < -0.4 is 19.5 Å². The molecular weight excluding hydrogens is 544 g/mol. The van der Waals surface area contributed by atoms with Crippen LogP contribution in [0.5, 0.6) is 17.2 Å². The van der Waals surface area contributed by atoms with Gasteiger partial charge in [0.1, 0.15) is 10.1 Å². The smallest absolute Gasteiger partial charge is 0.266 e. The number of rotatable bonds is 7. The summed E-state index contributed by atoms with van der Waals surface area (Å²) in [5, 5.41) is 3.17. The molecule has 38 heavy (non-hydrogen) atoms. The Balaban J connectivity index is 1.21. The number of carbonyl (C=O) groups excluding carboxylic acids is 2. The van der Waals surface area contributed by atoms with Gasteiger partial charge in [-0.15, -0.1) is 0 Å². The molecule has 0 saturated carbocycles. The second kappa shape index (κ2) is 11.1. The van der Waals surface area contributed by atoms with Crippen LogP contribution in [0.4, 0.5) is 5.69 Å². The van der Waals surface area contributed by atoms with Gasteiger partial charge < -0.3 is 19.5 Å². The molecule has 0 aliphatic carbocycles. The van der Waals surface area contributed by atoms with E-state index in [4.69, 9.17) is 38.0 Å². The van der Waals surface area contributed by atoms with Crippen molar-refractivity contribution in [1.82, 2.24) is 4.90 Å². The number of thiocarbonyl (C=S) groups is 1. The minimum absolute atomic E-state index is 0.183. The molecule has 5 rings (SSSR count). The van der Waals surface area contributed by atoms with Gasteiger partial charge in [0.2, 0.25) is 6.79 Å². The van der Waals surface area contributed by atoms with E-state index in [9.17, 15) is 9.59 Å². The van der Waals surface area contributed by atoms with Gasteiger partial charge in [0, 0.05) is 5.69 Å². The van der Waals surface area contributed by atoms with Crippen LogP contribution >= 0.6 is 35.6 Å². The summed E-state index contributed by atoms with van der Waals surface area (Å²) in [6.07, 6.45) is 1.74. The average Bonchev–Trinajstić information content (AvgIpc) is 3.45. The van der Waals surface area contributed by atoms with Crippen molar-refractivity contribution < 1.29 is 23.8 Å². The summed E-state index contributed by atoms with van der Waals surface area (Å²) in [5.41, 5.74) is 4.43. The Kier molecular flexibility index (Phi) is 7.60. The van der Waals surface area contributed by atoms with Crippen LogP contribution in [0.15, 0.2) is 59.5 Å². The molecule has 10 heteroatoms. The molecule has 3 aromatic rings. The highest BCUT2D eigenvalue weighted by Gasteiger charge is 2.32. The monoisotopic (exact) mass is 566 g/mol. The number of aryl methyl sites for hydroxylation is 2. The van der Waals surface area contributed by atoms with Gasteiger partial charge in [0.15, 0.2) is 18.1 Å². The van der Waals surface area contributed by atoms with Gasteiger partial charge in [0.25, 0.3) is 11.8 Å². The van der Waals surface area contributed by atoms with Crippen LogP contribution in [-0.4, -0.2) is 34.4 Å².